The van der Waals surface area contributed by atoms with Crippen LogP contribution in [0.5, 0.6) is 11.5 Å². The number of H-pyrrole nitrogens is 1. The molecular formula is C26H16N2O5. The summed E-state index contributed by atoms with van der Waals surface area (Å²) in [7, 11) is 0. The van der Waals surface area contributed by atoms with Crippen molar-refractivity contribution in [2.45, 2.75) is 12.3 Å². The smallest absolute Gasteiger partial charge is 0.312 e. The number of nitrogens with one attached hydrogen (secondary N) is 1. The summed E-state index contributed by atoms with van der Waals surface area (Å²) < 4.78 is 11.5. The van der Waals surface area contributed by atoms with Gasteiger partial charge in [-0.1, -0.05) is 24.3 Å². The number of fused-ring (bicyclic) bond motifs is 4. The molecule has 0 saturated heterocycles. The number of rotatable bonds is 2. The lowest BCUT2D eigenvalue weighted by atomic mass is 9.85. The number of carbonyl (C=O) groups excluding carboxylic acids is 2. The van der Waals surface area contributed by atoms with Crippen molar-refractivity contribution in [3.8, 4) is 11.5 Å². The molecule has 4 aromatic rings. The highest BCUT2D eigenvalue weighted by Crippen LogP contribution is 2.48. The van der Waals surface area contributed by atoms with Gasteiger partial charge in [-0.25, -0.2) is 0 Å². The number of ether oxygens (including phenoxy) is 2. The molecule has 1 atom stereocenters. The maximum atomic E-state index is 13.0. The summed E-state index contributed by atoms with van der Waals surface area (Å²) in [5.74, 6) is -0.588. The van der Waals surface area contributed by atoms with E-state index in [0.717, 1.165) is 10.9 Å². The molecule has 6 rings (SSSR count). The minimum Gasteiger partial charge on any atom is -0.452 e. The molecule has 0 radical (unpaired) electrons. The van der Waals surface area contributed by atoms with E-state index in [0.29, 0.717) is 28.0 Å². The molecule has 7 nitrogen and oxygen atoms in total. The van der Waals surface area contributed by atoms with Crippen LogP contribution in [0.3, 0.4) is 0 Å². The first-order valence-corrected chi connectivity index (χ1v) is 10.4. The standard InChI is InChI=1S/C26H16N2O5/c29-22-12-17(18-11-15-5-1-2-6-19(15)28-26(18)31)23-20(32-22)8-7-16-24(30)21(33-25(16)23)10-14-4-3-9-27-13-14/h1-11,13,17H,12H2,(H,28,31)/b21-10+/t17-/m1/s1. The molecule has 0 aliphatic carbocycles. The van der Waals surface area contributed by atoms with Gasteiger partial charge in [0.2, 0.25) is 5.78 Å². The van der Waals surface area contributed by atoms with Crippen LogP contribution in [0.2, 0.25) is 0 Å². The second-order valence-electron chi connectivity index (χ2n) is 7.95. The van der Waals surface area contributed by atoms with Gasteiger partial charge in [0, 0.05) is 35.0 Å². The molecular weight excluding hydrogens is 420 g/mol. The minimum atomic E-state index is -0.616. The Labute approximate surface area is 187 Å². The maximum Gasteiger partial charge on any atom is 0.312 e. The predicted octanol–water partition coefficient (Wildman–Crippen LogP) is 3.98. The van der Waals surface area contributed by atoms with Crippen molar-refractivity contribution in [3.63, 3.8) is 0 Å². The van der Waals surface area contributed by atoms with Gasteiger partial charge in [-0.15, -0.1) is 0 Å². The number of hydrogen-bond acceptors (Lipinski definition) is 6. The van der Waals surface area contributed by atoms with E-state index < -0.39 is 11.9 Å². The van der Waals surface area contributed by atoms with Crippen molar-refractivity contribution in [2.75, 3.05) is 0 Å². The van der Waals surface area contributed by atoms with Crippen LogP contribution in [0.25, 0.3) is 17.0 Å². The van der Waals surface area contributed by atoms with Gasteiger partial charge in [-0.3, -0.25) is 19.4 Å². The van der Waals surface area contributed by atoms with Crippen LogP contribution in [0, 0.1) is 0 Å². The Balaban J connectivity index is 1.52. The quantitative estimate of drug-likeness (QED) is 0.290. The van der Waals surface area contributed by atoms with Crippen molar-refractivity contribution in [1.82, 2.24) is 9.97 Å². The number of benzene rings is 2. The average molecular weight is 436 g/mol. The van der Waals surface area contributed by atoms with Gasteiger partial charge >= 0.3 is 5.97 Å². The van der Waals surface area contributed by atoms with Crippen molar-refractivity contribution in [2.24, 2.45) is 0 Å². The van der Waals surface area contributed by atoms with Gasteiger partial charge in [-0.05, 0) is 47.4 Å². The lowest BCUT2D eigenvalue weighted by Crippen LogP contribution is -2.26. The van der Waals surface area contributed by atoms with Crippen molar-refractivity contribution in [3.05, 3.63) is 105 Å². The van der Waals surface area contributed by atoms with Gasteiger partial charge in [0.05, 0.1) is 12.0 Å². The summed E-state index contributed by atoms with van der Waals surface area (Å²) in [6.45, 7) is 0. The third kappa shape index (κ3) is 3.13. The fraction of sp³-hybridized carbons (Fsp3) is 0.0769. The molecule has 0 amide bonds. The van der Waals surface area contributed by atoms with Crippen LogP contribution in [0.15, 0.2) is 77.5 Å². The number of ketones is 1. The van der Waals surface area contributed by atoms with Crippen LogP contribution in [0.1, 0.15) is 39.4 Å². The zero-order chi connectivity index (χ0) is 22.5. The number of carbonyl (C=O) groups is 2. The Bertz CT molecular complexity index is 1550. The Morgan fingerprint density at radius 3 is 2.73 bits per heavy atom. The number of aromatic nitrogens is 2. The molecule has 33 heavy (non-hydrogen) atoms. The number of pyridine rings is 2. The fourth-order valence-electron chi connectivity index (χ4n) is 4.41. The summed E-state index contributed by atoms with van der Waals surface area (Å²) in [4.78, 5) is 45.4. The van der Waals surface area contributed by atoms with E-state index in [2.05, 4.69) is 9.97 Å². The van der Waals surface area contributed by atoms with Crippen molar-refractivity contribution < 1.29 is 19.1 Å². The van der Waals surface area contributed by atoms with E-state index in [-0.39, 0.29) is 29.3 Å². The molecule has 0 saturated carbocycles. The molecule has 0 fully saturated rings. The minimum absolute atomic E-state index is 0.0376. The van der Waals surface area contributed by atoms with Gasteiger partial charge in [0.1, 0.15) is 11.5 Å². The van der Waals surface area contributed by atoms with Crippen LogP contribution < -0.4 is 15.0 Å². The second-order valence-corrected chi connectivity index (χ2v) is 7.95. The largest absolute Gasteiger partial charge is 0.452 e. The van der Waals surface area contributed by atoms with E-state index in [1.807, 2.05) is 30.3 Å². The summed E-state index contributed by atoms with van der Waals surface area (Å²) in [6.07, 6.45) is 4.85. The average Bonchev–Trinajstić information content (AvgIpc) is 3.13. The van der Waals surface area contributed by atoms with E-state index in [4.69, 9.17) is 9.47 Å². The second kappa shape index (κ2) is 7.27. The van der Waals surface area contributed by atoms with Crippen LogP contribution in [-0.4, -0.2) is 21.7 Å². The number of nitrogens with zero attached hydrogens (tertiary/aromatic N) is 1. The molecule has 7 heteroatoms. The molecule has 2 aliphatic rings. The molecule has 160 valence electrons. The van der Waals surface area contributed by atoms with Crippen LogP contribution in [-0.2, 0) is 4.79 Å². The lowest BCUT2D eigenvalue weighted by molar-refractivity contribution is -0.135. The highest BCUT2D eigenvalue weighted by Gasteiger charge is 2.39. The molecule has 0 bridgehead atoms. The first-order valence-electron chi connectivity index (χ1n) is 10.4. The molecule has 0 unspecified atom stereocenters. The van der Waals surface area contributed by atoms with Gasteiger partial charge < -0.3 is 14.5 Å². The third-order valence-corrected chi connectivity index (χ3v) is 5.92. The lowest BCUT2D eigenvalue weighted by Gasteiger charge is -2.26. The van der Waals surface area contributed by atoms with Gasteiger partial charge in [-0.2, -0.15) is 0 Å². The van der Waals surface area contributed by atoms with Gasteiger partial charge in [0.25, 0.3) is 5.56 Å². The highest BCUT2D eigenvalue weighted by atomic mass is 16.5. The molecule has 1 N–H and O–H groups in total. The Morgan fingerprint density at radius 2 is 1.88 bits per heavy atom. The Kier molecular flexibility index (Phi) is 4.23. The summed E-state index contributed by atoms with van der Waals surface area (Å²) in [5, 5.41) is 0.842. The molecule has 2 aromatic carbocycles. The number of para-hydroxylation sites is 1. The summed E-state index contributed by atoms with van der Waals surface area (Å²) in [6, 6.07) is 16.0. The molecule has 4 heterocycles. The monoisotopic (exact) mass is 436 g/mol. The third-order valence-electron chi connectivity index (χ3n) is 5.92. The molecule has 2 aromatic heterocycles. The Morgan fingerprint density at radius 1 is 1.00 bits per heavy atom. The van der Waals surface area contributed by atoms with Crippen LogP contribution in [0.4, 0.5) is 0 Å². The van der Waals surface area contributed by atoms with E-state index in [1.165, 1.54) is 0 Å². The number of hydrogen-bond donors (Lipinski definition) is 1. The van der Waals surface area contributed by atoms with E-state index >= 15 is 0 Å². The Hall–Kier alpha value is -4.52. The van der Waals surface area contributed by atoms with Crippen molar-refractivity contribution >= 4 is 28.7 Å². The SMILES string of the molecule is O=C1C[C@H](c2cc3ccccc3[nH]c2=O)c2c(ccc3c2O/C(=C/c2cccnc2)C3=O)O1. The van der Waals surface area contributed by atoms with Crippen molar-refractivity contribution in [1.29, 1.82) is 0 Å². The zero-order valence-electron chi connectivity index (χ0n) is 17.2. The molecule has 2 aliphatic heterocycles. The fourth-order valence-corrected chi connectivity index (χ4v) is 4.41. The maximum absolute atomic E-state index is 13.0. The van der Waals surface area contributed by atoms with Gasteiger partial charge in [0.15, 0.2) is 5.76 Å². The summed E-state index contributed by atoms with van der Waals surface area (Å²) in [5.41, 5.74) is 2.43. The number of Topliss-reactive ketones (excluding diaryl/α,β-unsaturated/α-hetero) is 1. The number of aromatic amines is 1. The zero-order valence-corrected chi connectivity index (χ0v) is 17.2. The normalized spacial score (nSPS) is 18.1. The van der Waals surface area contributed by atoms with E-state index in [9.17, 15) is 14.4 Å². The first kappa shape index (κ1) is 19.2. The number of esters is 1. The van der Waals surface area contributed by atoms with Crippen LogP contribution >= 0.6 is 0 Å². The topological polar surface area (TPSA) is 98.4 Å². The highest BCUT2D eigenvalue weighted by molar-refractivity contribution is 6.15. The van der Waals surface area contributed by atoms with E-state index in [1.54, 1.807) is 42.7 Å². The number of allylic oxidation sites excluding steroid dienone is 1. The predicted molar refractivity (Wildman–Crippen MR) is 120 cm³/mol. The molecule has 0 spiro atoms. The first-order chi connectivity index (χ1) is 16.1. The summed E-state index contributed by atoms with van der Waals surface area (Å²) >= 11 is 0.